The Bertz CT molecular complexity index is 770. The summed E-state index contributed by atoms with van der Waals surface area (Å²) < 4.78 is 5.57. The molecule has 1 aliphatic rings. The Hall–Kier alpha value is -1.78. The first kappa shape index (κ1) is 19.0. The number of hydrogen-bond acceptors (Lipinski definition) is 2. The van der Waals surface area contributed by atoms with Gasteiger partial charge in [0.05, 0.1) is 12.1 Å². The minimum atomic E-state index is -0.122. The van der Waals surface area contributed by atoms with E-state index in [0.29, 0.717) is 11.7 Å². The van der Waals surface area contributed by atoms with Gasteiger partial charge in [0.1, 0.15) is 5.75 Å². The number of anilines is 1. The van der Waals surface area contributed by atoms with E-state index in [-0.39, 0.29) is 5.54 Å². The van der Waals surface area contributed by atoms with Crippen molar-refractivity contribution in [2.45, 2.75) is 45.1 Å². The molecule has 138 valence electrons. The molecule has 0 amide bonds. The molecular formula is C21H25ClN2OS. The van der Waals surface area contributed by atoms with Crippen molar-refractivity contribution in [1.29, 1.82) is 0 Å². The number of ether oxygens (including phenoxy) is 1. The molecule has 0 aliphatic heterocycles. The fourth-order valence-corrected chi connectivity index (χ4v) is 4.05. The summed E-state index contributed by atoms with van der Waals surface area (Å²) in [7, 11) is 0. The lowest BCUT2D eigenvalue weighted by molar-refractivity contribution is 0.339. The lowest BCUT2D eigenvalue weighted by atomic mass is 9.88. The standard InChI is InChI=1S/C21H25ClN2OS/c1-3-25-18-10-7-16(8-11-18)21(12-4-5-13-21)24-20(26)23-17-9-6-15(2)19(22)14-17/h6-11,14H,3-5,12-13H2,1-2H3,(H2,23,24,26). The van der Waals surface area contributed by atoms with E-state index >= 15 is 0 Å². The third kappa shape index (κ3) is 4.30. The summed E-state index contributed by atoms with van der Waals surface area (Å²) in [5.74, 6) is 0.902. The summed E-state index contributed by atoms with van der Waals surface area (Å²) in [5.41, 5.74) is 3.09. The van der Waals surface area contributed by atoms with Gasteiger partial charge in [0.2, 0.25) is 0 Å². The zero-order valence-corrected chi connectivity index (χ0v) is 16.8. The summed E-state index contributed by atoms with van der Waals surface area (Å²) in [6.45, 7) is 4.66. The summed E-state index contributed by atoms with van der Waals surface area (Å²) in [5, 5.41) is 8.22. The molecule has 0 heterocycles. The lowest BCUT2D eigenvalue weighted by Gasteiger charge is -2.32. The third-order valence-corrected chi connectivity index (χ3v) is 5.57. The molecule has 0 saturated heterocycles. The Kier molecular flexibility index (Phi) is 6.05. The van der Waals surface area contributed by atoms with Crippen molar-refractivity contribution in [2.75, 3.05) is 11.9 Å². The Labute approximate surface area is 166 Å². The van der Waals surface area contributed by atoms with Crippen LogP contribution in [-0.2, 0) is 5.54 Å². The summed E-state index contributed by atoms with van der Waals surface area (Å²) >= 11 is 11.8. The van der Waals surface area contributed by atoms with Crippen LogP contribution in [0.25, 0.3) is 0 Å². The Morgan fingerprint density at radius 1 is 1.15 bits per heavy atom. The fraction of sp³-hybridized carbons (Fsp3) is 0.381. The van der Waals surface area contributed by atoms with Crippen LogP contribution in [0.3, 0.4) is 0 Å². The second-order valence-electron chi connectivity index (χ2n) is 6.79. The van der Waals surface area contributed by atoms with Crippen LogP contribution in [0.15, 0.2) is 42.5 Å². The highest BCUT2D eigenvalue weighted by Crippen LogP contribution is 2.39. The van der Waals surface area contributed by atoms with Crippen molar-refractivity contribution in [3.05, 3.63) is 58.6 Å². The molecule has 1 aliphatic carbocycles. The van der Waals surface area contributed by atoms with Gasteiger partial charge in [0.15, 0.2) is 5.11 Å². The number of benzene rings is 2. The number of rotatable bonds is 5. The predicted molar refractivity (Wildman–Crippen MR) is 113 cm³/mol. The van der Waals surface area contributed by atoms with Crippen LogP contribution in [0, 0.1) is 6.92 Å². The molecule has 0 unspecified atom stereocenters. The molecule has 1 fully saturated rings. The molecule has 0 bridgehead atoms. The summed E-state index contributed by atoms with van der Waals surface area (Å²) in [4.78, 5) is 0. The van der Waals surface area contributed by atoms with Crippen LogP contribution in [0.2, 0.25) is 5.02 Å². The molecule has 1 saturated carbocycles. The molecule has 3 nitrogen and oxygen atoms in total. The molecule has 5 heteroatoms. The molecule has 26 heavy (non-hydrogen) atoms. The maximum atomic E-state index is 6.22. The predicted octanol–water partition coefficient (Wildman–Crippen LogP) is 5.80. The van der Waals surface area contributed by atoms with Gasteiger partial charge in [-0.25, -0.2) is 0 Å². The van der Waals surface area contributed by atoms with Crippen LogP contribution in [0.4, 0.5) is 5.69 Å². The molecule has 2 aromatic rings. The van der Waals surface area contributed by atoms with Gasteiger partial charge in [-0.3, -0.25) is 0 Å². The van der Waals surface area contributed by atoms with E-state index in [1.165, 1.54) is 18.4 Å². The number of thiocarbonyl (C=S) groups is 1. The molecule has 2 N–H and O–H groups in total. The van der Waals surface area contributed by atoms with E-state index in [1.54, 1.807) is 0 Å². The van der Waals surface area contributed by atoms with Gasteiger partial charge in [0.25, 0.3) is 0 Å². The van der Waals surface area contributed by atoms with E-state index in [1.807, 2.05) is 44.2 Å². The second-order valence-corrected chi connectivity index (χ2v) is 7.61. The normalized spacial score (nSPS) is 15.5. The average Bonchev–Trinajstić information content (AvgIpc) is 3.08. The first-order valence-corrected chi connectivity index (χ1v) is 9.90. The first-order chi connectivity index (χ1) is 12.5. The summed E-state index contributed by atoms with van der Waals surface area (Å²) in [6, 6.07) is 14.3. The van der Waals surface area contributed by atoms with Crippen LogP contribution >= 0.6 is 23.8 Å². The average molecular weight is 389 g/mol. The third-order valence-electron chi connectivity index (χ3n) is 4.96. The van der Waals surface area contributed by atoms with Gasteiger partial charge in [-0.05, 0) is 74.3 Å². The molecular weight excluding hydrogens is 364 g/mol. The van der Waals surface area contributed by atoms with E-state index in [4.69, 9.17) is 28.6 Å². The van der Waals surface area contributed by atoms with E-state index in [9.17, 15) is 0 Å². The fourth-order valence-electron chi connectivity index (χ4n) is 3.55. The molecule has 3 rings (SSSR count). The SMILES string of the molecule is CCOc1ccc(C2(NC(=S)Nc3ccc(C)c(Cl)c3)CCCC2)cc1. The largest absolute Gasteiger partial charge is 0.494 e. The first-order valence-electron chi connectivity index (χ1n) is 9.11. The summed E-state index contributed by atoms with van der Waals surface area (Å²) in [6.07, 6.45) is 4.52. The zero-order valence-electron chi connectivity index (χ0n) is 15.3. The molecule has 0 spiro atoms. The highest BCUT2D eigenvalue weighted by atomic mass is 35.5. The Morgan fingerprint density at radius 3 is 2.46 bits per heavy atom. The molecule has 0 radical (unpaired) electrons. The van der Waals surface area contributed by atoms with E-state index in [0.717, 1.165) is 34.9 Å². The highest BCUT2D eigenvalue weighted by molar-refractivity contribution is 7.80. The van der Waals surface area contributed by atoms with Crippen LogP contribution in [0.1, 0.15) is 43.7 Å². The van der Waals surface area contributed by atoms with Gasteiger partial charge in [0, 0.05) is 10.7 Å². The van der Waals surface area contributed by atoms with Crippen LogP contribution in [-0.4, -0.2) is 11.7 Å². The van der Waals surface area contributed by atoms with E-state index in [2.05, 4.69) is 22.8 Å². The maximum absolute atomic E-state index is 6.22. The van der Waals surface area contributed by atoms with Crippen molar-refractivity contribution < 1.29 is 4.74 Å². The Balaban J connectivity index is 1.74. The molecule has 0 atom stereocenters. The lowest BCUT2D eigenvalue weighted by Crippen LogP contribution is -2.45. The number of halogens is 1. The molecule has 0 aromatic heterocycles. The highest BCUT2D eigenvalue weighted by Gasteiger charge is 2.36. The van der Waals surface area contributed by atoms with Gasteiger partial charge < -0.3 is 15.4 Å². The smallest absolute Gasteiger partial charge is 0.171 e. The minimum Gasteiger partial charge on any atom is -0.494 e. The van der Waals surface area contributed by atoms with Gasteiger partial charge in [-0.1, -0.05) is 42.6 Å². The van der Waals surface area contributed by atoms with Crippen LogP contribution < -0.4 is 15.4 Å². The second kappa shape index (κ2) is 8.28. The van der Waals surface area contributed by atoms with Crippen molar-refractivity contribution in [2.24, 2.45) is 0 Å². The van der Waals surface area contributed by atoms with Crippen molar-refractivity contribution >= 4 is 34.6 Å². The van der Waals surface area contributed by atoms with Gasteiger partial charge in [-0.2, -0.15) is 0 Å². The van der Waals surface area contributed by atoms with Crippen LogP contribution in [0.5, 0.6) is 5.75 Å². The minimum absolute atomic E-state index is 0.122. The van der Waals surface area contributed by atoms with Gasteiger partial charge in [-0.15, -0.1) is 0 Å². The number of hydrogen-bond donors (Lipinski definition) is 2. The zero-order chi connectivity index (χ0) is 18.6. The monoisotopic (exact) mass is 388 g/mol. The number of aryl methyl sites for hydroxylation is 1. The number of nitrogens with one attached hydrogen (secondary N) is 2. The van der Waals surface area contributed by atoms with E-state index < -0.39 is 0 Å². The topological polar surface area (TPSA) is 33.3 Å². The van der Waals surface area contributed by atoms with Crippen molar-refractivity contribution in [1.82, 2.24) is 5.32 Å². The quantitative estimate of drug-likeness (QED) is 0.634. The van der Waals surface area contributed by atoms with Gasteiger partial charge >= 0.3 is 0 Å². The molecule has 2 aromatic carbocycles. The van der Waals surface area contributed by atoms with Crippen molar-refractivity contribution in [3.8, 4) is 5.75 Å². The van der Waals surface area contributed by atoms with Crippen molar-refractivity contribution in [3.63, 3.8) is 0 Å². The Morgan fingerprint density at radius 2 is 1.85 bits per heavy atom. The maximum Gasteiger partial charge on any atom is 0.171 e.